The monoisotopic (exact) mass is 265 g/mol. The van der Waals surface area contributed by atoms with E-state index in [1.54, 1.807) is 6.07 Å². The molecule has 5 heteroatoms. The maximum atomic E-state index is 13.4. The molecule has 1 aromatic carbocycles. The molecule has 0 unspecified atom stereocenters. The van der Waals surface area contributed by atoms with Gasteiger partial charge < -0.3 is 10.3 Å². The van der Waals surface area contributed by atoms with Crippen molar-refractivity contribution in [3.05, 3.63) is 34.9 Å². The molecular formula is C13H13ClFN3. The molecule has 1 aliphatic carbocycles. The molecule has 3 nitrogen and oxygen atoms in total. The Balaban J connectivity index is 2.14. The number of benzene rings is 1. The van der Waals surface area contributed by atoms with Crippen molar-refractivity contribution in [3.63, 3.8) is 0 Å². The quantitative estimate of drug-likeness (QED) is 0.902. The van der Waals surface area contributed by atoms with E-state index in [0.29, 0.717) is 28.1 Å². The minimum absolute atomic E-state index is 0.350. The second-order valence-electron chi connectivity index (χ2n) is 4.65. The van der Waals surface area contributed by atoms with Crippen molar-refractivity contribution in [2.24, 2.45) is 0 Å². The number of rotatable bonds is 2. The van der Waals surface area contributed by atoms with Crippen LogP contribution >= 0.6 is 11.6 Å². The SMILES string of the molecule is Cc1nc(-c2cc(F)cc(Cl)c2)c(N)n1C1CC1. The smallest absolute Gasteiger partial charge is 0.131 e. The van der Waals surface area contributed by atoms with Crippen LogP contribution in [-0.2, 0) is 0 Å². The van der Waals surface area contributed by atoms with Crippen LogP contribution in [-0.4, -0.2) is 9.55 Å². The standard InChI is InChI=1S/C13H13ClFN3/c1-7-17-12(13(16)18(7)11-2-3-11)8-4-9(14)6-10(15)5-8/h4-6,11H,2-3,16H2,1H3. The lowest BCUT2D eigenvalue weighted by molar-refractivity contribution is 0.628. The summed E-state index contributed by atoms with van der Waals surface area (Å²) in [4.78, 5) is 4.44. The first kappa shape index (κ1) is 11.5. The third-order valence-electron chi connectivity index (χ3n) is 3.17. The van der Waals surface area contributed by atoms with Gasteiger partial charge in [0, 0.05) is 16.6 Å². The molecule has 1 fully saturated rings. The van der Waals surface area contributed by atoms with Crippen LogP contribution in [0, 0.1) is 12.7 Å². The molecule has 1 saturated carbocycles. The van der Waals surface area contributed by atoms with E-state index in [-0.39, 0.29) is 5.82 Å². The van der Waals surface area contributed by atoms with E-state index in [4.69, 9.17) is 17.3 Å². The summed E-state index contributed by atoms with van der Waals surface area (Å²) in [5.74, 6) is 1.08. The highest BCUT2D eigenvalue weighted by atomic mass is 35.5. The van der Waals surface area contributed by atoms with Crippen LogP contribution in [0.15, 0.2) is 18.2 Å². The molecule has 1 heterocycles. The van der Waals surface area contributed by atoms with E-state index in [9.17, 15) is 4.39 Å². The number of nitrogens with two attached hydrogens (primary N) is 1. The highest BCUT2D eigenvalue weighted by Gasteiger charge is 2.28. The van der Waals surface area contributed by atoms with Crippen molar-refractivity contribution < 1.29 is 4.39 Å². The zero-order valence-electron chi connectivity index (χ0n) is 9.95. The van der Waals surface area contributed by atoms with Crippen molar-refractivity contribution in [2.75, 3.05) is 5.73 Å². The molecule has 0 spiro atoms. The van der Waals surface area contributed by atoms with Crippen molar-refractivity contribution >= 4 is 17.4 Å². The van der Waals surface area contributed by atoms with Crippen LogP contribution in [0.4, 0.5) is 10.2 Å². The average molecular weight is 266 g/mol. The van der Waals surface area contributed by atoms with E-state index in [1.165, 1.54) is 12.1 Å². The zero-order valence-corrected chi connectivity index (χ0v) is 10.7. The third kappa shape index (κ3) is 1.86. The summed E-state index contributed by atoms with van der Waals surface area (Å²) >= 11 is 5.86. The molecule has 1 aliphatic rings. The number of aryl methyl sites for hydroxylation is 1. The van der Waals surface area contributed by atoms with Gasteiger partial charge in [0.05, 0.1) is 0 Å². The number of halogens is 2. The molecule has 1 aromatic heterocycles. The topological polar surface area (TPSA) is 43.8 Å². The highest BCUT2D eigenvalue weighted by Crippen LogP contribution is 2.40. The summed E-state index contributed by atoms with van der Waals surface area (Å²) < 4.78 is 15.4. The van der Waals surface area contributed by atoms with Crippen molar-refractivity contribution in [1.82, 2.24) is 9.55 Å². The van der Waals surface area contributed by atoms with E-state index in [1.807, 2.05) is 11.5 Å². The van der Waals surface area contributed by atoms with E-state index in [0.717, 1.165) is 18.7 Å². The number of aromatic nitrogens is 2. The molecule has 0 amide bonds. The van der Waals surface area contributed by atoms with Crippen molar-refractivity contribution in [2.45, 2.75) is 25.8 Å². The number of anilines is 1. The van der Waals surface area contributed by atoms with Crippen molar-refractivity contribution in [3.8, 4) is 11.3 Å². The Morgan fingerprint density at radius 1 is 1.39 bits per heavy atom. The molecule has 0 radical (unpaired) electrons. The maximum Gasteiger partial charge on any atom is 0.131 e. The van der Waals surface area contributed by atoms with Gasteiger partial charge in [0.2, 0.25) is 0 Å². The van der Waals surface area contributed by atoms with Crippen molar-refractivity contribution in [1.29, 1.82) is 0 Å². The molecule has 18 heavy (non-hydrogen) atoms. The van der Waals surface area contributed by atoms with Gasteiger partial charge in [-0.3, -0.25) is 0 Å². The second kappa shape index (κ2) is 3.99. The number of hydrogen-bond donors (Lipinski definition) is 1. The van der Waals surface area contributed by atoms with Gasteiger partial charge in [-0.2, -0.15) is 0 Å². The Morgan fingerprint density at radius 3 is 2.72 bits per heavy atom. The van der Waals surface area contributed by atoms with Crippen LogP contribution in [0.5, 0.6) is 0 Å². The lowest BCUT2D eigenvalue weighted by atomic mass is 10.1. The fourth-order valence-electron chi connectivity index (χ4n) is 2.26. The molecule has 3 rings (SSSR count). The first-order valence-corrected chi connectivity index (χ1v) is 6.25. The normalized spacial score (nSPS) is 15.1. The Bertz CT molecular complexity index is 597. The predicted octanol–water partition coefficient (Wildman–Crippen LogP) is 3.57. The Kier molecular flexibility index (Phi) is 2.55. The molecule has 2 aromatic rings. The summed E-state index contributed by atoms with van der Waals surface area (Å²) in [7, 11) is 0. The van der Waals surface area contributed by atoms with Gasteiger partial charge >= 0.3 is 0 Å². The molecule has 94 valence electrons. The first-order valence-electron chi connectivity index (χ1n) is 5.87. The summed E-state index contributed by atoms with van der Waals surface area (Å²) in [6.07, 6.45) is 2.26. The van der Waals surface area contributed by atoms with Gasteiger partial charge in [0.1, 0.15) is 23.2 Å². The van der Waals surface area contributed by atoms with Crippen LogP contribution in [0.25, 0.3) is 11.3 Å². The van der Waals surface area contributed by atoms with Crippen LogP contribution in [0.3, 0.4) is 0 Å². The largest absolute Gasteiger partial charge is 0.383 e. The lowest BCUT2D eigenvalue weighted by Crippen LogP contribution is -2.02. The van der Waals surface area contributed by atoms with E-state index < -0.39 is 0 Å². The number of nitrogen functional groups attached to an aromatic ring is 1. The molecular weight excluding hydrogens is 253 g/mol. The molecule has 2 N–H and O–H groups in total. The lowest BCUT2D eigenvalue weighted by Gasteiger charge is -2.05. The summed E-state index contributed by atoms with van der Waals surface area (Å²) in [6, 6.07) is 4.81. The van der Waals surface area contributed by atoms with Crippen LogP contribution in [0.1, 0.15) is 24.7 Å². The Hall–Kier alpha value is -1.55. The fraction of sp³-hybridized carbons (Fsp3) is 0.308. The highest BCUT2D eigenvalue weighted by molar-refractivity contribution is 6.30. The molecule has 0 saturated heterocycles. The molecule has 0 bridgehead atoms. The number of hydrogen-bond acceptors (Lipinski definition) is 2. The number of imidazole rings is 1. The van der Waals surface area contributed by atoms with Gasteiger partial charge in [-0.1, -0.05) is 11.6 Å². The van der Waals surface area contributed by atoms with Gasteiger partial charge in [0.15, 0.2) is 0 Å². The van der Waals surface area contributed by atoms with Gasteiger partial charge in [-0.15, -0.1) is 0 Å². The van der Waals surface area contributed by atoms with E-state index >= 15 is 0 Å². The fourth-order valence-corrected chi connectivity index (χ4v) is 2.48. The van der Waals surface area contributed by atoms with Crippen LogP contribution in [0.2, 0.25) is 5.02 Å². The molecule has 0 aliphatic heterocycles. The Morgan fingerprint density at radius 2 is 2.11 bits per heavy atom. The number of nitrogens with zero attached hydrogens (tertiary/aromatic N) is 2. The van der Waals surface area contributed by atoms with E-state index in [2.05, 4.69) is 4.98 Å². The first-order chi connectivity index (χ1) is 8.56. The summed E-state index contributed by atoms with van der Waals surface area (Å²) in [5.41, 5.74) is 7.35. The van der Waals surface area contributed by atoms with Gasteiger partial charge in [0.25, 0.3) is 0 Å². The molecule has 0 atom stereocenters. The summed E-state index contributed by atoms with van der Waals surface area (Å²) in [5, 5.41) is 0.350. The van der Waals surface area contributed by atoms with Gasteiger partial charge in [-0.05, 0) is 38.0 Å². The zero-order chi connectivity index (χ0) is 12.9. The second-order valence-corrected chi connectivity index (χ2v) is 5.09. The predicted molar refractivity (Wildman–Crippen MR) is 70.1 cm³/mol. The minimum atomic E-state index is -0.379. The maximum absolute atomic E-state index is 13.4. The third-order valence-corrected chi connectivity index (χ3v) is 3.39. The minimum Gasteiger partial charge on any atom is -0.383 e. The average Bonchev–Trinajstić information content (AvgIpc) is 3.04. The van der Waals surface area contributed by atoms with Gasteiger partial charge in [-0.25, -0.2) is 9.37 Å². The van der Waals surface area contributed by atoms with Crippen LogP contribution < -0.4 is 5.73 Å². The Labute approximate surface area is 109 Å². The summed E-state index contributed by atoms with van der Waals surface area (Å²) in [6.45, 7) is 1.92.